The zero-order valence-corrected chi connectivity index (χ0v) is 13.2. The van der Waals surface area contributed by atoms with Gasteiger partial charge < -0.3 is 11.1 Å². The van der Waals surface area contributed by atoms with Crippen LogP contribution < -0.4 is 11.1 Å². The maximum absolute atomic E-state index is 12.0. The van der Waals surface area contributed by atoms with E-state index in [2.05, 4.69) is 42.2 Å². The number of halogens is 2. The highest BCUT2D eigenvalue weighted by Crippen LogP contribution is 2.21. The van der Waals surface area contributed by atoms with Crippen LogP contribution in [0.3, 0.4) is 0 Å². The molecule has 19 heavy (non-hydrogen) atoms. The lowest BCUT2D eigenvalue weighted by Crippen LogP contribution is -2.13. The maximum atomic E-state index is 12.0. The minimum atomic E-state index is -0.242. The molecular weight excluding hydrogens is 374 g/mol. The van der Waals surface area contributed by atoms with Gasteiger partial charge in [0.25, 0.3) is 5.91 Å². The Morgan fingerprint density at radius 2 is 2.00 bits per heavy atom. The molecule has 1 heterocycles. The summed E-state index contributed by atoms with van der Waals surface area (Å²) in [6.45, 7) is 1.93. The molecule has 0 unspecified atom stereocenters. The van der Waals surface area contributed by atoms with Gasteiger partial charge in [-0.25, -0.2) is 4.98 Å². The first kappa shape index (κ1) is 14.0. The average Bonchev–Trinajstić information content (AvgIpc) is 2.37. The molecule has 2 rings (SSSR count). The number of nitrogens with zero attached hydrogens (tertiary/aromatic N) is 1. The van der Waals surface area contributed by atoms with Gasteiger partial charge in [-0.2, -0.15) is 0 Å². The van der Waals surface area contributed by atoms with Crippen LogP contribution >= 0.6 is 31.9 Å². The van der Waals surface area contributed by atoms with Gasteiger partial charge in [0.15, 0.2) is 0 Å². The van der Waals surface area contributed by atoms with Crippen LogP contribution in [0.25, 0.3) is 0 Å². The molecule has 0 spiro atoms. The fraction of sp³-hybridized carbons (Fsp3) is 0.0769. The quantitative estimate of drug-likeness (QED) is 0.774. The standard InChI is InChI=1S/C13H11Br2N3O/c1-7-4-12(17-6-10(7)15)18-13(19)8-2-3-9(14)11(16)5-8/h2-6H,16H2,1H3,(H,17,18,19). The van der Waals surface area contributed by atoms with Crippen LogP contribution in [0.1, 0.15) is 15.9 Å². The number of benzene rings is 1. The molecule has 1 aromatic heterocycles. The van der Waals surface area contributed by atoms with Crippen molar-refractivity contribution in [3.63, 3.8) is 0 Å². The van der Waals surface area contributed by atoms with Crippen molar-refractivity contribution >= 4 is 49.3 Å². The highest BCUT2D eigenvalue weighted by atomic mass is 79.9. The van der Waals surface area contributed by atoms with Crippen LogP contribution in [0.2, 0.25) is 0 Å². The summed E-state index contributed by atoms with van der Waals surface area (Å²) in [4.78, 5) is 16.2. The largest absolute Gasteiger partial charge is 0.398 e. The van der Waals surface area contributed by atoms with Crippen molar-refractivity contribution in [2.75, 3.05) is 11.1 Å². The van der Waals surface area contributed by atoms with Crippen molar-refractivity contribution in [2.45, 2.75) is 6.92 Å². The van der Waals surface area contributed by atoms with E-state index in [4.69, 9.17) is 5.73 Å². The lowest BCUT2D eigenvalue weighted by atomic mass is 10.2. The Hall–Kier alpha value is -1.40. The zero-order valence-electron chi connectivity index (χ0n) is 10.1. The summed E-state index contributed by atoms with van der Waals surface area (Å²) in [7, 11) is 0. The monoisotopic (exact) mass is 383 g/mol. The number of pyridine rings is 1. The summed E-state index contributed by atoms with van der Waals surface area (Å²) in [5.74, 6) is 0.264. The van der Waals surface area contributed by atoms with Gasteiger partial charge >= 0.3 is 0 Å². The van der Waals surface area contributed by atoms with Gasteiger partial charge in [0.1, 0.15) is 5.82 Å². The fourth-order valence-corrected chi connectivity index (χ4v) is 1.94. The maximum Gasteiger partial charge on any atom is 0.256 e. The van der Waals surface area contributed by atoms with Crippen molar-refractivity contribution in [3.8, 4) is 0 Å². The number of aryl methyl sites for hydroxylation is 1. The molecule has 2 aromatic rings. The Morgan fingerprint density at radius 1 is 1.26 bits per heavy atom. The molecule has 1 aromatic carbocycles. The van der Waals surface area contributed by atoms with Gasteiger partial charge in [0, 0.05) is 26.4 Å². The number of amides is 1. The molecule has 0 radical (unpaired) electrons. The Bertz CT molecular complexity index is 644. The van der Waals surface area contributed by atoms with Crippen LogP contribution in [0.5, 0.6) is 0 Å². The van der Waals surface area contributed by atoms with Gasteiger partial charge in [-0.05, 0) is 68.6 Å². The normalized spacial score (nSPS) is 10.3. The van der Waals surface area contributed by atoms with Gasteiger partial charge in [0.05, 0.1) is 0 Å². The van der Waals surface area contributed by atoms with Crippen molar-refractivity contribution in [1.29, 1.82) is 0 Å². The van der Waals surface area contributed by atoms with Gasteiger partial charge in [-0.3, -0.25) is 4.79 Å². The highest BCUT2D eigenvalue weighted by molar-refractivity contribution is 9.10. The Kier molecular flexibility index (Phi) is 4.21. The van der Waals surface area contributed by atoms with E-state index >= 15 is 0 Å². The van der Waals surface area contributed by atoms with Crippen LogP contribution in [0.4, 0.5) is 11.5 Å². The lowest BCUT2D eigenvalue weighted by molar-refractivity contribution is 0.102. The number of nitrogens with one attached hydrogen (secondary N) is 1. The van der Waals surface area contributed by atoms with Crippen LogP contribution in [-0.4, -0.2) is 10.9 Å². The number of hydrogen-bond donors (Lipinski definition) is 2. The topological polar surface area (TPSA) is 68.0 Å². The molecule has 0 aliphatic carbocycles. The summed E-state index contributed by atoms with van der Waals surface area (Å²) < 4.78 is 1.67. The summed E-state index contributed by atoms with van der Waals surface area (Å²) in [6.07, 6.45) is 1.65. The molecule has 0 saturated heterocycles. The number of nitrogens with two attached hydrogens (primary N) is 1. The molecule has 1 amide bonds. The van der Waals surface area contributed by atoms with Crippen molar-refractivity contribution in [2.24, 2.45) is 0 Å². The zero-order chi connectivity index (χ0) is 14.0. The summed E-state index contributed by atoms with van der Waals surface area (Å²) in [5.41, 5.74) is 7.76. The number of anilines is 2. The van der Waals surface area contributed by atoms with Gasteiger partial charge in [-0.15, -0.1) is 0 Å². The fourth-order valence-electron chi connectivity index (χ4n) is 1.48. The van der Waals surface area contributed by atoms with E-state index in [9.17, 15) is 4.79 Å². The predicted molar refractivity (Wildman–Crippen MR) is 83.2 cm³/mol. The van der Waals surface area contributed by atoms with Crippen LogP contribution in [0.15, 0.2) is 39.4 Å². The van der Waals surface area contributed by atoms with Gasteiger partial charge in [-0.1, -0.05) is 0 Å². The van der Waals surface area contributed by atoms with E-state index in [1.165, 1.54) is 0 Å². The number of rotatable bonds is 2. The molecule has 3 N–H and O–H groups in total. The molecule has 0 aliphatic rings. The third kappa shape index (κ3) is 3.33. The van der Waals surface area contributed by atoms with Crippen LogP contribution in [0, 0.1) is 6.92 Å². The second-order valence-electron chi connectivity index (χ2n) is 4.01. The van der Waals surface area contributed by atoms with E-state index in [1.807, 2.05) is 6.92 Å². The van der Waals surface area contributed by atoms with Crippen molar-refractivity contribution in [1.82, 2.24) is 4.98 Å². The number of carbonyl (C=O) groups is 1. The number of aromatic nitrogens is 1. The lowest BCUT2D eigenvalue weighted by Gasteiger charge is -2.07. The first-order chi connectivity index (χ1) is 8.97. The number of carbonyl (C=O) groups excluding carboxylic acids is 1. The molecule has 0 bridgehead atoms. The molecule has 0 fully saturated rings. The number of nitrogen functional groups attached to an aromatic ring is 1. The SMILES string of the molecule is Cc1cc(NC(=O)c2ccc(Br)c(N)c2)ncc1Br. The second kappa shape index (κ2) is 5.71. The molecule has 0 atom stereocenters. The van der Waals surface area contributed by atoms with E-state index in [0.29, 0.717) is 17.1 Å². The first-order valence-electron chi connectivity index (χ1n) is 5.46. The number of hydrogen-bond acceptors (Lipinski definition) is 3. The Labute approximate surface area is 127 Å². The second-order valence-corrected chi connectivity index (χ2v) is 5.72. The summed E-state index contributed by atoms with van der Waals surface area (Å²) in [6, 6.07) is 6.85. The third-order valence-electron chi connectivity index (χ3n) is 2.55. The van der Waals surface area contributed by atoms with Crippen molar-refractivity contribution in [3.05, 3.63) is 50.5 Å². The van der Waals surface area contributed by atoms with E-state index < -0.39 is 0 Å². The smallest absolute Gasteiger partial charge is 0.256 e. The average molecular weight is 385 g/mol. The summed E-state index contributed by atoms with van der Waals surface area (Å²) >= 11 is 6.65. The molecule has 98 valence electrons. The Balaban J connectivity index is 2.20. The minimum Gasteiger partial charge on any atom is -0.398 e. The van der Waals surface area contributed by atoms with Crippen molar-refractivity contribution < 1.29 is 4.79 Å². The van der Waals surface area contributed by atoms with E-state index in [0.717, 1.165) is 14.5 Å². The van der Waals surface area contributed by atoms with Gasteiger partial charge in [0.2, 0.25) is 0 Å². The Morgan fingerprint density at radius 3 is 2.63 bits per heavy atom. The highest BCUT2D eigenvalue weighted by Gasteiger charge is 2.09. The molecular formula is C13H11Br2N3O. The molecule has 6 heteroatoms. The summed E-state index contributed by atoms with van der Waals surface area (Å²) in [5, 5.41) is 2.73. The minimum absolute atomic E-state index is 0.242. The van der Waals surface area contributed by atoms with E-state index in [1.54, 1.807) is 30.5 Å². The molecule has 0 aliphatic heterocycles. The molecule has 4 nitrogen and oxygen atoms in total. The van der Waals surface area contributed by atoms with Crippen LogP contribution in [-0.2, 0) is 0 Å². The first-order valence-corrected chi connectivity index (χ1v) is 7.04. The predicted octanol–water partition coefficient (Wildman–Crippen LogP) is 3.75. The third-order valence-corrected chi connectivity index (χ3v) is 4.10. The van der Waals surface area contributed by atoms with E-state index in [-0.39, 0.29) is 5.91 Å². The molecule has 0 saturated carbocycles.